The third-order valence-electron chi connectivity index (χ3n) is 3.48. The maximum atomic E-state index is 10.7. The molecule has 0 spiro atoms. The second-order valence-electron chi connectivity index (χ2n) is 4.91. The van der Waals surface area contributed by atoms with Crippen molar-refractivity contribution >= 4 is 28.3 Å². The molecule has 0 amide bonds. The average Bonchev–Trinajstić information content (AvgIpc) is 2.99. The first-order valence-electron chi connectivity index (χ1n) is 6.77. The third kappa shape index (κ3) is 2.70. The standard InChI is InChI=1S/C14H16N2O3S/c17-12(18)7-6-11-13(15-14-16(11)8-9-20-14)19-10-4-2-1-3-5-10/h6-10H,1-5H2,(H,17,18). The van der Waals surface area contributed by atoms with E-state index in [4.69, 9.17) is 9.84 Å². The minimum atomic E-state index is -0.973. The number of hydrogen-bond acceptors (Lipinski definition) is 4. The number of fused-ring (bicyclic) bond motifs is 1. The number of carboxylic acids is 1. The first-order chi connectivity index (χ1) is 9.74. The van der Waals surface area contributed by atoms with Crippen LogP contribution in [0.25, 0.3) is 11.0 Å². The molecule has 3 rings (SSSR count). The summed E-state index contributed by atoms with van der Waals surface area (Å²) in [5, 5.41) is 10.7. The fourth-order valence-electron chi connectivity index (χ4n) is 2.51. The van der Waals surface area contributed by atoms with Crippen LogP contribution in [0.3, 0.4) is 0 Å². The van der Waals surface area contributed by atoms with E-state index in [0.29, 0.717) is 11.6 Å². The topological polar surface area (TPSA) is 63.8 Å². The van der Waals surface area contributed by atoms with E-state index in [0.717, 1.165) is 23.9 Å². The highest BCUT2D eigenvalue weighted by atomic mass is 32.1. The van der Waals surface area contributed by atoms with Crippen molar-refractivity contribution in [3.05, 3.63) is 23.3 Å². The molecular formula is C14H16N2O3S. The number of rotatable bonds is 4. The molecule has 1 N–H and O–H groups in total. The highest BCUT2D eigenvalue weighted by Crippen LogP contribution is 2.28. The Morgan fingerprint density at radius 1 is 1.45 bits per heavy atom. The summed E-state index contributed by atoms with van der Waals surface area (Å²) in [6, 6.07) is 0. The van der Waals surface area contributed by atoms with Crippen LogP contribution >= 0.6 is 11.3 Å². The van der Waals surface area contributed by atoms with Gasteiger partial charge < -0.3 is 9.84 Å². The van der Waals surface area contributed by atoms with Gasteiger partial charge in [0.25, 0.3) is 0 Å². The molecule has 5 nitrogen and oxygen atoms in total. The zero-order valence-corrected chi connectivity index (χ0v) is 11.8. The third-order valence-corrected chi connectivity index (χ3v) is 4.24. The van der Waals surface area contributed by atoms with Crippen LogP contribution in [0.15, 0.2) is 17.7 Å². The van der Waals surface area contributed by atoms with Gasteiger partial charge in [0.1, 0.15) is 11.8 Å². The van der Waals surface area contributed by atoms with Gasteiger partial charge in [-0.05, 0) is 31.8 Å². The number of imidazole rings is 1. The molecule has 1 saturated carbocycles. The van der Waals surface area contributed by atoms with Crippen LogP contribution in [0.5, 0.6) is 5.88 Å². The zero-order valence-electron chi connectivity index (χ0n) is 11.0. The van der Waals surface area contributed by atoms with E-state index in [9.17, 15) is 4.79 Å². The molecule has 106 valence electrons. The highest BCUT2D eigenvalue weighted by molar-refractivity contribution is 7.15. The van der Waals surface area contributed by atoms with Crippen molar-refractivity contribution in [2.75, 3.05) is 0 Å². The number of nitrogens with zero attached hydrogens (tertiary/aromatic N) is 2. The van der Waals surface area contributed by atoms with E-state index in [2.05, 4.69) is 4.98 Å². The molecule has 2 aromatic rings. The second-order valence-corrected chi connectivity index (χ2v) is 5.78. The smallest absolute Gasteiger partial charge is 0.328 e. The van der Waals surface area contributed by atoms with Crippen molar-refractivity contribution in [3.8, 4) is 5.88 Å². The lowest BCUT2D eigenvalue weighted by atomic mass is 9.98. The van der Waals surface area contributed by atoms with Crippen LogP contribution in [-0.4, -0.2) is 26.6 Å². The summed E-state index contributed by atoms with van der Waals surface area (Å²) in [7, 11) is 0. The fourth-order valence-corrected chi connectivity index (χ4v) is 3.23. The Bertz CT molecular complexity index is 638. The summed E-state index contributed by atoms with van der Waals surface area (Å²) in [4.78, 5) is 16.0. The van der Waals surface area contributed by atoms with Crippen molar-refractivity contribution in [1.29, 1.82) is 0 Å². The van der Waals surface area contributed by atoms with Gasteiger partial charge in [0.2, 0.25) is 5.88 Å². The van der Waals surface area contributed by atoms with Gasteiger partial charge in [-0.15, -0.1) is 11.3 Å². The molecule has 2 heterocycles. The number of carbonyl (C=O) groups is 1. The Morgan fingerprint density at radius 2 is 2.25 bits per heavy atom. The summed E-state index contributed by atoms with van der Waals surface area (Å²) in [6.45, 7) is 0. The average molecular weight is 292 g/mol. The van der Waals surface area contributed by atoms with E-state index in [-0.39, 0.29) is 6.10 Å². The molecule has 0 unspecified atom stereocenters. The lowest BCUT2D eigenvalue weighted by Crippen LogP contribution is -2.20. The molecule has 0 aliphatic heterocycles. The van der Waals surface area contributed by atoms with Crippen molar-refractivity contribution in [1.82, 2.24) is 9.38 Å². The van der Waals surface area contributed by atoms with E-state index in [1.54, 1.807) is 6.08 Å². The number of carboxylic acid groups (broad SMARTS) is 1. The van der Waals surface area contributed by atoms with Gasteiger partial charge in [-0.2, -0.15) is 4.98 Å². The van der Waals surface area contributed by atoms with Crippen LogP contribution in [0.1, 0.15) is 37.8 Å². The molecule has 0 atom stereocenters. The Kier molecular flexibility index (Phi) is 3.73. The summed E-state index contributed by atoms with van der Waals surface area (Å²) < 4.78 is 7.86. The van der Waals surface area contributed by atoms with Gasteiger partial charge in [0.15, 0.2) is 4.96 Å². The van der Waals surface area contributed by atoms with E-state index < -0.39 is 5.97 Å². The van der Waals surface area contributed by atoms with Crippen LogP contribution in [0.4, 0.5) is 0 Å². The van der Waals surface area contributed by atoms with E-state index in [1.165, 1.54) is 30.6 Å². The minimum Gasteiger partial charge on any atom is -0.478 e. The molecule has 2 aromatic heterocycles. The Balaban J connectivity index is 1.90. The van der Waals surface area contributed by atoms with E-state index in [1.807, 2.05) is 16.0 Å². The van der Waals surface area contributed by atoms with Gasteiger partial charge in [-0.25, -0.2) is 4.79 Å². The lowest BCUT2D eigenvalue weighted by Gasteiger charge is -2.21. The molecule has 0 radical (unpaired) electrons. The Hall–Kier alpha value is -1.82. The van der Waals surface area contributed by atoms with Gasteiger partial charge >= 0.3 is 5.97 Å². The molecule has 1 aliphatic carbocycles. The van der Waals surface area contributed by atoms with Gasteiger partial charge in [0.05, 0.1) is 0 Å². The monoisotopic (exact) mass is 292 g/mol. The summed E-state index contributed by atoms with van der Waals surface area (Å²) in [5.74, 6) is -0.431. The number of thiazole rings is 1. The number of aliphatic carboxylic acids is 1. The van der Waals surface area contributed by atoms with Crippen molar-refractivity contribution in [2.24, 2.45) is 0 Å². The van der Waals surface area contributed by atoms with Crippen molar-refractivity contribution in [2.45, 2.75) is 38.2 Å². The zero-order chi connectivity index (χ0) is 13.9. The van der Waals surface area contributed by atoms with Crippen LogP contribution in [0.2, 0.25) is 0 Å². The lowest BCUT2D eigenvalue weighted by molar-refractivity contribution is -0.131. The summed E-state index contributed by atoms with van der Waals surface area (Å²) in [6.07, 6.45) is 10.5. The molecule has 0 bridgehead atoms. The SMILES string of the molecule is O=C(O)C=Cc1c(OC2CCCCC2)nc2sccn12. The maximum absolute atomic E-state index is 10.7. The van der Waals surface area contributed by atoms with Crippen molar-refractivity contribution in [3.63, 3.8) is 0 Å². The molecule has 1 aliphatic rings. The second kappa shape index (κ2) is 5.66. The van der Waals surface area contributed by atoms with Gasteiger partial charge in [-0.1, -0.05) is 6.42 Å². The normalized spacial score (nSPS) is 17.0. The summed E-state index contributed by atoms with van der Waals surface area (Å²) in [5.41, 5.74) is 0.703. The number of ether oxygens (including phenoxy) is 1. The number of hydrogen-bond donors (Lipinski definition) is 1. The molecule has 6 heteroatoms. The fraction of sp³-hybridized carbons (Fsp3) is 0.429. The molecule has 20 heavy (non-hydrogen) atoms. The molecule has 0 aromatic carbocycles. The largest absolute Gasteiger partial charge is 0.478 e. The first-order valence-corrected chi connectivity index (χ1v) is 7.65. The van der Waals surface area contributed by atoms with Crippen LogP contribution < -0.4 is 4.74 Å². The van der Waals surface area contributed by atoms with Gasteiger partial charge in [-0.3, -0.25) is 4.40 Å². The predicted molar refractivity (Wildman–Crippen MR) is 77.2 cm³/mol. The highest BCUT2D eigenvalue weighted by Gasteiger charge is 2.19. The Labute approximate surface area is 120 Å². The molecule has 0 saturated heterocycles. The predicted octanol–water partition coefficient (Wildman–Crippen LogP) is 3.21. The van der Waals surface area contributed by atoms with E-state index >= 15 is 0 Å². The summed E-state index contributed by atoms with van der Waals surface area (Å²) >= 11 is 1.51. The number of aromatic nitrogens is 2. The van der Waals surface area contributed by atoms with Crippen LogP contribution in [-0.2, 0) is 4.79 Å². The first kappa shape index (κ1) is 13.2. The quantitative estimate of drug-likeness (QED) is 0.879. The van der Waals surface area contributed by atoms with Crippen LogP contribution in [0, 0.1) is 0 Å². The van der Waals surface area contributed by atoms with Gasteiger partial charge in [0, 0.05) is 17.7 Å². The molecular weight excluding hydrogens is 276 g/mol. The van der Waals surface area contributed by atoms with Crippen molar-refractivity contribution < 1.29 is 14.6 Å². The molecule has 1 fully saturated rings. The Morgan fingerprint density at radius 3 is 3.00 bits per heavy atom. The minimum absolute atomic E-state index is 0.199. The maximum Gasteiger partial charge on any atom is 0.328 e.